The highest BCUT2D eigenvalue weighted by atomic mass is 79.9. The third kappa shape index (κ3) is 3.54. The van der Waals surface area contributed by atoms with Gasteiger partial charge in [-0.1, -0.05) is 6.08 Å². The molecule has 0 aliphatic carbocycles. The lowest BCUT2D eigenvalue weighted by Gasteiger charge is -2.32. The fourth-order valence-electron chi connectivity index (χ4n) is 2.18. The Hall–Kier alpha value is -0.885. The van der Waals surface area contributed by atoms with Crippen molar-refractivity contribution < 1.29 is 9.31 Å². The molecule has 0 bridgehead atoms. The van der Waals surface area contributed by atoms with Crippen LogP contribution in [0.25, 0.3) is 6.08 Å². The normalized spacial score (nSPS) is 20.5. The number of halogens is 1. The maximum Gasteiger partial charge on any atom is 0.491 e. The third-order valence-electron chi connectivity index (χ3n) is 4.17. The summed E-state index contributed by atoms with van der Waals surface area (Å²) in [5, 5.41) is 3.10. The Kier molecular flexibility index (Phi) is 5.01. The van der Waals surface area contributed by atoms with Gasteiger partial charge in [-0.2, -0.15) is 0 Å². The summed E-state index contributed by atoms with van der Waals surface area (Å²) in [6.45, 7) is 8.61. The van der Waals surface area contributed by atoms with E-state index in [0.29, 0.717) is 12.1 Å². The first kappa shape index (κ1) is 17.5. The summed E-state index contributed by atoms with van der Waals surface area (Å²) in [6.07, 6.45) is 3.44. The van der Waals surface area contributed by atoms with Gasteiger partial charge in [0.05, 0.1) is 11.2 Å². The van der Waals surface area contributed by atoms with Gasteiger partial charge in [0.1, 0.15) is 0 Å². The van der Waals surface area contributed by atoms with Gasteiger partial charge >= 0.3 is 7.12 Å². The van der Waals surface area contributed by atoms with Gasteiger partial charge in [-0.15, -0.1) is 0 Å². The summed E-state index contributed by atoms with van der Waals surface area (Å²) in [5.41, 5.74) is 0.481. The van der Waals surface area contributed by atoms with Crippen molar-refractivity contribution in [1.82, 2.24) is 10.3 Å². The molecule has 0 saturated carbocycles. The van der Waals surface area contributed by atoms with E-state index in [-0.39, 0.29) is 5.56 Å². The van der Waals surface area contributed by atoms with Crippen molar-refractivity contribution in [3.8, 4) is 0 Å². The second-order valence-electron chi connectivity index (χ2n) is 6.44. The van der Waals surface area contributed by atoms with Crippen LogP contribution in [0.1, 0.15) is 33.3 Å². The number of aromatic nitrogens is 1. The molecule has 0 aromatic carbocycles. The van der Waals surface area contributed by atoms with Crippen LogP contribution in [0, 0.1) is 0 Å². The van der Waals surface area contributed by atoms with E-state index in [4.69, 9.17) is 9.31 Å². The molecule has 1 saturated heterocycles. The average Bonchev–Trinajstić information content (AvgIpc) is 2.62. The van der Waals surface area contributed by atoms with Gasteiger partial charge in [0.2, 0.25) is 0 Å². The molecule has 0 unspecified atom stereocenters. The minimum absolute atomic E-state index is 0.145. The van der Waals surface area contributed by atoms with Crippen molar-refractivity contribution in [2.75, 3.05) is 13.6 Å². The van der Waals surface area contributed by atoms with Crippen molar-refractivity contribution in [1.29, 1.82) is 0 Å². The molecule has 1 aromatic heterocycles. The summed E-state index contributed by atoms with van der Waals surface area (Å²) < 4.78 is 12.9. The Morgan fingerprint density at radius 1 is 1.36 bits per heavy atom. The minimum Gasteiger partial charge on any atom is -0.400 e. The number of pyridine rings is 1. The van der Waals surface area contributed by atoms with Crippen molar-refractivity contribution in [3.63, 3.8) is 0 Å². The van der Waals surface area contributed by atoms with E-state index in [1.165, 1.54) is 0 Å². The molecular formula is C15H22BBrN2O3. The molecule has 2 rings (SSSR count). The molecule has 2 N–H and O–H groups in total. The SMILES string of the molecule is CNCC(=Cc1cc(Br)c[nH]c1=O)B1OC(C)(C)C(C)(C)O1. The van der Waals surface area contributed by atoms with Gasteiger partial charge in [-0.3, -0.25) is 4.79 Å². The molecule has 1 aromatic rings. The highest BCUT2D eigenvalue weighted by Crippen LogP contribution is 2.38. The van der Waals surface area contributed by atoms with E-state index in [1.807, 2.05) is 40.8 Å². The Balaban J connectivity index is 2.37. The Morgan fingerprint density at radius 2 is 1.95 bits per heavy atom. The van der Waals surface area contributed by atoms with E-state index >= 15 is 0 Å². The maximum absolute atomic E-state index is 12.0. The number of hydrogen-bond acceptors (Lipinski definition) is 4. The third-order valence-corrected chi connectivity index (χ3v) is 4.63. The summed E-state index contributed by atoms with van der Waals surface area (Å²) >= 11 is 3.37. The molecule has 5 nitrogen and oxygen atoms in total. The van der Waals surface area contributed by atoms with Crippen LogP contribution in [0.15, 0.2) is 27.0 Å². The highest BCUT2D eigenvalue weighted by Gasteiger charge is 2.52. The molecule has 7 heteroatoms. The molecule has 0 radical (unpaired) electrons. The first-order valence-corrected chi connectivity index (χ1v) is 8.04. The second-order valence-corrected chi connectivity index (χ2v) is 7.36. The van der Waals surface area contributed by atoms with Crippen LogP contribution in [0.3, 0.4) is 0 Å². The number of rotatable bonds is 4. The average molecular weight is 369 g/mol. The molecule has 1 aliphatic rings. The molecule has 22 heavy (non-hydrogen) atoms. The quantitative estimate of drug-likeness (QED) is 0.801. The summed E-state index contributed by atoms with van der Waals surface area (Å²) in [4.78, 5) is 14.6. The predicted molar refractivity (Wildman–Crippen MR) is 92.7 cm³/mol. The molecule has 1 fully saturated rings. The van der Waals surface area contributed by atoms with Crippen LogP contribution in [0.4, 0.5) is 0 Å². The van der Waals surface area contributed by atoms with Crippen LogP contribution in [-0.2, 0) is 9.31 Å². The van der Waals surface area contributed by atoms with Gasteiger partial charge in [0.15, 0.2) is 0 Å². The van der Waals surface area contributed by atoms with E-state index in [2.05, 4.69) is 26.2 Å². The number of hydrogen-bond donors (Lipinski definition) is 2. The maximum atomic E-state index is 12.0. The fraction of sp³-hybridized carbons (Fsp3) is 0.533. The van der Waals surface area contributed by atoms with Gasteiger partial charge in [0.25, 0.3) is 5.56 Å². The number of aromatic amines is 1. The lowest BCUT2D eigenvalue weighted by Crippen LogP contribution is -2.41. The molecule has 120 valence electrons. The van der Waals surface area contributed by atoms with Crippen LogP contribution in [-0.4, -0.2) is 36.9 Å². The minimum atomic E-state index is -0.476. The zero-order valence-electron chi connectivity index (χ0n) is 13.6. The predicted octanol–water partition coefficient (Wildman–Crippen LogP) is 2.37. The van der Waals surface area contributed by atoms with Crippen LogP contribution < -0.4 is 10.9 Å². The van der Waals surface area contributed by atoms with Gasteiger partial charge < -0.3 is 19.6 Å². The fourth-order valence-corrected chi connectivity index (χ4v) is 2.54. The summed E-state index contributed by atoms with van der Waals surface area (Å²) in [7, 11) is 1.38. The summed E-state index contributed by atoms with van der Waals surface area (Å²) in [5.74, 6) is 0. The smallest absolute Gasteiger partial charge is 0.400 e. The van der Waals surface area contributed by atoms with Crippen molar-refractivity contribution in [2.24, 2.45) is 0 Å². The van der Waals surface area contributed by atoms with E-state index in [9.17, 15) is 4.79 Å². The topological polar surface area (TPSA) is 63.4 Å². The lowest BCUT2D eigenvalue weighted by molar-refractivity contribution is 0.00578. The first-order chi connectivity index (χ1) is 10.2. The van der Waals surface area contributed by atoms with Gasteiger partial charge in [-0.05, 0) is 62.2 Å². The zero-order valence-corrected chi connectivity index (χ0v) is 15.2. The monoisotopic (exact) mass is 368 g/mol. The summed E-state index contributed by atoms with van der Waals surface area (Å²) in [6, 6.07) is 1.78. The van der Waals surface area contributed by atoms with Crippen molar-refractivity contribution in [3.05, 3.63) is 38.1 Å². The standard InChI is InChI=1S/C15H22BBrN2O3/c1-14(2)15(3,4)22-16(21-14)11(8-18-5)6-10-7-12(17)9-19-13(10)20/h6-7,9,18H,8H2,1-5H3,(H,19,20). The molecule has 0 spiro atoms. The lowest BCUT2D eigenvalue weighted by atomic mass is 9.77. The number of nitrogens with one attached hydrogen (secondary N) is 2. The number of likely N-dealkylation sites (N-methyl/N-ethyl adjacent to an activating group) is 1. The zero-order chi connectivity index (χ0) is 16.5. The molecular weight excluding hydrogens is 347 g/mol. The highest BCUT2D eigenvalue weighted by molar-refractivity contribution is 9.10. The molecule has 0 atom stereocenters. The van der Waals surface area contributed by atoms with E-state index in [0.717, 1.165) is 9.95 Å². The number of H-pyrrole nitrogens is 1. The van der Waals surface area contributed by atoms with E-state index < -0.39 is 18.3 Å². The Morgan fingerprint density at radius 3 is 2.50 bits per heavy atom. The molecule has 2 heterocycles. The van der Waals surface area contributed by atoms with Crippen LogP contribution in [0.5, 0.6) is 0 Å². The Labute approximate surface area is 139 Å². The molecule has 1 aliphatic heterocycles. The van der Waals surface area contributed by atoms with Gasteiger partial charge in [0, 0.05) is 22.8 Å². The molecule has 0 amide bonds. The van der Waals surface area contributed by atoms with Gasteiger partial charge in [-0.25, -0.2) is 0 Å². The van der Waals surface area contributed by atoms with E-state index in [1.54, 1.807) is 12.3 Å². The van der Waals surface area contributed by atoms with Crippen LogP contribution in [0.2, 0.25) is 0 Å². The van der Waals surface area contributed by atoms with Crippen molar-refractivity contribution in [2.45, 2.75) is 38.9 Å². The van der Waals surface area contributed by atoms with Crippen LogP contribution >= 0.6 is 15.9 Å². The first-order valence-electron chi connectivity index (χ1n) is 7.25. The largest absolute Gasteiger partial charge is 0.491 e. The van der Waals surface area contributed by atoms with Crippen molar-refractivity contribution >= 4 is 29.1 Å². The Bertz CT molecular complexity index is 624. The second kappa shape index (κ2) is 6.32.